The van der Waals surface area contributed by atoms with Gasteiger partial charge in [-0.15, -0.1) is 0 Å². The first-order valence-corrected chi connectivity index (χ1v) is 8.54. The van der Waals surface area contributed by atoms with Gasteiger partial charge < -0.3 is 10.2 Å². The van der Waals surface area contributed by atoms with Gasteiger partial charge in [-0.3, -0.25) is 14.6 Å². The van der Waals surface area contributed by atoms with Gasteiger partial charge >= 0.3 is 0 Å². The molecule has 1 N–H and O–H groups in total. The summed E-state index contributed by atoms with van der Waals surface area (Å²) >= 11 is 0. The summed E-state index contributed by atoms with van der Waals surface area (Å²) < 4.78 is 0. The third-order valence-electron chi connectivity index (χ3n) is 5.10. The lowest BCUT2D eigenvalue weighted by atomic mass is 10.1. The van der Waals surface area contributed by atoms with Gasteiger partial charge in [-0.2, -0.15) is 0 Å². The molecule has 1 aromatic rings. The standard InChI is InChI=1S/C18H25N3O2/c1-12-7-13(2)19-9-15(12)10-20-18(23)14-8-17(22)21(11-14)16-5-3-4-6-16/h7,9,14,16H,3-6,8,10-11H2,1-2H3,(H,20,23)/t14-/m0/s1. The minimum atomic E-state index is -0.207. The lowest BCUT2D eigenvalue weighted by Gasteiger charge is -2.23. The molecule has 1 aliphatic carbocycles. The van der Waals surface area contributed by atoms with Crippen molar-refractivity contribution in [2.45, 2.75) is 58.5 Å². The molecule has 2 fully saturated rings. The van der Waals surface area contributed by atoms with E-state index in [2.05, 4.69) is 10.3 Å². The van der Waals surface area contributed by atoms with Crippen LogP contribution in [0.2, 0.25) is 0 Å². The number of hydrogen-bond donors (Lipinski definition) is 1. The van der Waals surface area contributed by atoms with Crippen LogP contribution < -0.4 is 5.32 Å². The fraction of sp³-hybridized carbons (Fsp3) is 0.611. The van der Waals surface area contributed by atoms with Gasteiger partial charge in [0.1, 0.15) is 0 Å². The van der Waals surface area contributed by atoms with Gasteiger partial charge in [-0.1, -0.05) is 12.8 Å². The number of amides is 2. The van der Waals surface area contributed by atoms with Gasteiger partial charge in [0.25, 0.3) is 0 Å². The van der Waals surface area contributed by atoms with E-state index in [1.807, 2.05) is 31.0 Å². The molecule has 0 bridgehead atoms. The van der Waals surface area contributed by atoms with Crippen molar-refractivity contribution >= 4 is 11.8 Å². The molecule has 0 aromatic carbocycles. The summed E-state index contributed by atoms with van der Waals surface area (Å²) in [5.41, 5.74) is 3.14. The van der Waals surface area contributed by atoms with Crippen molar-refractivity contribution in [1.82, 2.24) is 15.2 Å². The van der Waals surface area contributed by atoms with Gasteiger partial charge in [-0.25, -0.2) is 0 Å². The molecular formula is C18H25N3O2. The average molecular weight is 315 g/mol. The molecule has 2 heterocycles. The molecule has 1 aromatic heterocycles. The van der Waals surface area contributed by atoms with Gasteiger partial charge in [0.15, 0.2) is 0 Å². The fourth-order valence-corrected chi connectivity index (χ4v) is 3.71. The fourth-order valence-electron chi connectivity index (χ4n) is 3.71. The first-order valence-electron chi connectivity index (χ1n) is 8.54. The molecule has 0 spiro atoms. The number of nitrogens with zero attached hydrogens (tertiary/aromatic N) is 2. The van der Waals surface area contributed by atoms with Gasteiger partial charge in [0.05, 0.1) is 5.92 Å². The molecule has 1 saturated carbocycles. The quantitative estimate of drug-likeness (QED) is 0.925. The Morgan fingerprint density at radius 3 is 2.78 bits per heavy atom. The highest BCUT2D eigenvalue weighted by Crippen LogP contribution is 2.29. The van der Waals surface area contributed by atoms with Crippen molar-refractivity contribution < 1.29 is 9.59 Å². The zero-order valence-corrected chi connectivity index (χ0v) is 14.0. The Kier molecular flexibility index (Phi) is 4.64. The predicted octanol–water partition coefficient (Wildman–Crippen LogP) is 2.11. The summed E-state index contributed by atoms with van der Waals surface area (Å²) in [5, 5.41) is 2.98. The zero-order chi connectivity index (χ0) is 16.4. The number of aromatic nitrogens is 1. The SMILES string of the molecule is Cc1cc(C)c(CNC(=O)[C@H]2CC(=O)N(C3CCCC3)C2)cn1. The Bertz CT molecular complexity index is 608. The first-order chi connectivity index (χ1) is 11.0. The lowest BCUT2D eigenvalue weighted by molar-refractivity contribution is -0.130. The van der Waals surface area contributed by atoms with Crippen LogP contribution in [-0.4, -0.2) is 34.3 Å². The lowest BCUT2D eigenvalue weighted by Crippen LogP contribution is -2.36. The Hall–Kier alpha value is -1.91. The zero-order valence-electron chi connectivity index (χ0n) is 14.0. The third-order valence-corrected chi connectivity index (χ3v) is 5.10. The van der Waals surface area contributed by atoms with Crippen LogP contribution in [-0.2, 0) is 16.1 Å². The Morgan fingerprint density at radius 2 is 2.09 bits per heavy atom. The van der Waals surface area contributed by atoms with E-state index in [1.165, 1.54) is 12.8 Å². The molecule has 5 heteroatoms. The predicted molar refractivity (Wildman–Crippen MR) is 87.6 cm³/mol. The van der Waals surface area contributed by atoms with E-state index in [-0.39, 0.29) is 17.7 Å². The first kappa shape index (κ1) is 16.0. The van der Waals surface area contributed by atoms with Gasteiger partial charge in [0.2, 0.25) is 11.8 Å². The van der Waals surface area contributed by atoms with Gasteiger partial charge in [-0.05, 0) is 43.9 Å². The number of hydrogen-bond acceptors (Lipinski definition) is 3. The minimum Gasteiger partial charge on any atom is -0.352 e. The Morgan fingerprint density at radius 1 is 1.35 bits per heavy atom. The monoisotopic (exact) mass is 315 g/mol. The smallest absolute Gasteiger partial charge is 0.225 e. The summed E-state index contributed by atoms with van der Waals surface area (Å²) in [6.45, 7) is 5.04. The molecular weight excluding hydrogens is 290 g/mol. The molecule has 1 aliphatic heterocycles. The van der Waals surface area contributed by atoms with Crippen LogP contribution in [0.25, 0.3) is 0 Å². The summed E-state index contributed by atoms with van der Waals surface area (Å²) in [4.78, 5) is 30.8. The van der Waals surface area contributed by atoms with Crippen LogP contribution in [0, 0.1) is 19.8 Å². The van der Waals surface area contributed by atoms with Crippen LogP contribution >= 0.6 is 0 Å². The second-order valence-electron chi connectivity index (χ2n) is 6.86. The van der Waals surface area contributed by atoms with E-state index in [0.29, 0.717) is 25.6 Å². The van der Waals surface area contributed by atoms with Crippen LogP contribution in [0.15, 0.2) is 12.3 Å². The highest BCUT2D eigenvalue weighted by molar-refractivity contribution is 5.89. The van der Waals surface area contributed by atoms with E-state index in [9.17, 15) is 9.59 Å². The maximum absolute atomic E-state index is 12.4. The third kappa shape index (κ3) is 3.54. The normalized spacial score (nSPS) is 21.9. The van der Waals surface area contributed by atoms with Crippen molar-refractivity contribution in [3.8, 4) is 0 Å². The highest BCUT2D eigenvalue weighted by Gasteiger charge is 2.38. The van der Waals surface area contributed by atoms with Crippen molar-refractivity contribution in [3.63, 3.8) is 0 Å². The van der Waals surface area contributed by atoms with Crippen LogP contribution in [0.5, 0.6) is 0 Å². The summed E-state index contributed by atoms with van der Waals surface area (Å²) in [6, 6.07) is 2.38. The van der Waals surface area contributed by atoms with Gasteiger partial charge in [0, 0.05) is 37.4 Å². The maximum Gasteiger partial charge on any atom is 0.225 e. The molecule has 23 heavy (non-hydrogen) atoms. The summed E-state index contributed by atoms with van der Waals surface area (Å²) in [7, 11) is 0. The van der Waals surface area contributed by atoms with Crippen LogP contribution in [0.1, 0.15) is 48.9 Å². The molecule has 3 rings (SSSR count). The van der Waals surface area contributed by atoms with Crippen molar-refractivity contribution in [2.75, 3.05) is 6.54 Å². The summed E-state index contributed by atoms with van der Waals surface area (Å²) in [5.74, 6) is -0.0779. The molecule has 2 aliphatic rings. The molecule has 2 amide bonds. The van der Waals surface area contributed by atoms with E-state index < -0.39 is 0 Å². The topological polar surface area (TPSA) is 62.3 Å². The maximum atomic E-state index is 12.4. The summed E-state index contributed by atoms with van der Waals surface area (Å²) in [6.07, 6.45) is 6.75. The molecule has 0 unspecified atom stereocenters. The number of aryl methyl sites for hydroxylation is 2. The van der Waals surface area contributed by atoms with Crippen molar-refractivity contribution in [3.05, 3.63) is 29.1 Å². The average Bonchev–Trinajstić information content (AvgIpc) is 3.15. The number of carbonyl (C=O) groups is 2. The molecule has 5 nitrogen and oxygen atoms in total. The number of nitrogens with one attached hydrogen (secondary N) is 1. The molecule has 124 valence electrons. The molecule has 1 atom stereocenters. The van der Waals surface area contributed by atoms with E-state index in [0.717, 1.165) is 29.7 Å². The van der Waals surface area contributed by atoms with Crippen LogP contribution in [0.4, 0.5) is 0 Å². The number of pyridine rings is 1. The number of carbonyl (C=O) groups excluding carboxylic acids is 2. The second kappa shape index (κ2) is 6.69. The Balaban J connectivity index is 1.55. The van der Waals surface area contributed by atoms with E-state index >= 15 is 0 Å². The molecule has 1 saturated heterocycles. The van der Waals surface area contributed by atoms with Crippen molar-refractivity contribution in [1.29, 1.82) is 0 Å². The number of likely N-dealkylation sites (tertiary alicyclic amines) is 1. The minimum absolute atomic E-state index is 0.0150. The van der Waals surface area contributed by atoms with Crippen LogP contribution in [0.3, 0.4) is 0 Å². The van der Waals surface area contributed by atoms with E-state index in [4.69, 9.17) is 0 Å². The highest BCUT2D eigenvalue weighted by atomic mass is 16.2. The second-order valence-corrected chi connectivity index (χ2v) is 6.86. The largest absolute Gasteiger partial charge is 0.352 e. The van der Waals surface area contributed by atoms with E-state index in [1.54, 1.807) is 0 Å². The number of rotatable bonds is 4. The molecule has 0 radical (unpaired) electrons. The Labute approximate surface area is 137 Å². The van der Waals surface area contributed by atoms with Crippen molar-refractivity contribution in [2.24, 2.45) is 5.92 Å².